The maximum Gasteiger partial charge on any atom is 0.157 e. The molecule has 206 valence electrons. The van der Waals surface area contributed by atoms with Crippen molar-refractivity contribution in [2.45, 2.75) is 0 Å². The minimum Gasteiger partial charge on any atom is -0.241 e. The van der Waals surface area contributed by atoms with Crippen LogP contribution >= 0.6 is 22.9 Å². The number of rotatable bonds is 3. The molecule has 2 nitrogen and oxygen atoms in total. The van der Waals surface area contributed by atoms with Crippen molar-refractivity contribution in [2.24, 2.45) is 0 Å². The SMILES string of the molecule is Clc1nc2sc3ccc(-c4cccc(-c5ccc6c7ccccc7c7ccccc7c6c5)c4)cc3c2nc1-c1ccccc1. The highest BCUT2D eigenvalue weighted by molar-refractivity contribution is 7.25. The highest BCUT2D eigenvalue weighted by atomic mass is 35.5. The van der Waals surface area contributed by atoms with Gasteiger partial charge in [0.25, 0.3) is 0 Å². The van der Waals surface area contributed by atoms with E-state index in [4.69, 9.17) is 21.6 Å². The maximum atomic E-state index is 6.60. The van der Waals surface area contributed by atoms with Crippen molar-refractivity contribution >= 4 is 75.7 Å². The molecule has 0 unspecified atom stereocenters. The van der Waals surface area contributed by atoms with Gasteiger partial charge in [-0.3, -0.25) is 0 Å². The zero-order valence-electron chi connectivity index (χ0n) is 23.5. The van der Waals surface area contributed by atoms with E-state index in [2.05, 4.69) is 109 Å². The predicted molar refractivity (Wildman–Crippen MR) is 189 cm³/mol. The molecular weight excluding hydrogens is 576 g/mol. The third-order valence-electron chi connectivity index (χ3n) is 8.58. The molecule has 9 aromatic rings. The molecule has 0 radical (unpaired) electrons. The summed E-state index contributed by atoms with van der Waals surface area (Å²) in [5.41, 5.74) is 7.27. The molecule has 0 amide bonds. The monoisotopic (exact) mass is 598 g/mol. The molecule has 4 heteroatoms. The van der Waals surface area contributed by atoms with Gasteiger partial charge in [-0.1, -0.05) is 127 Å². The standard InChI is InChI=1S/C40H23ClN2S/c41-39-37(24-9-2-1-3-10-24)42-38-35-23-28(18-20-36(35)44-40(38)43-39)26-12-8-11-25(21-26)27-17-19-33-31-15-5-4-13-29(31)30-14-6-7-16-32(30)34(33)22-27/h1-23H. The molecule has 0 aliphatic carbocycles. The smallest absolute Gasteiger partial charge is 0.157 e. The van der Waals surface area contributed by atoms with Crippen molar-refractivity contribution in [1.29, 1.82) is 0 Å². The molecule has 0 fully saturated rings. The van der Waals surface area contributed by atoms with Crippen molar-refractivity contribution in [1.82, 2.24) is 9.97 Å². The van der Waals surface area contributed by atoms with Crippen molar-refractivity contribution in [2.75, 3.05) is 0 Å². The Kier molecular flexibility index (Phi) is 5.77. The van der Waals surface area contributed by atoms with E-state index in [0.717, 1.165) is 37.1 Å². The van der Waals surface area contributed by atoms with Gasteiger partial charge in [-0.15, -0.1) is 11.3 Å². The van der Waals surface area contributed by atoms with Crippen molar-refractivity contribution in [3.8, 4) is 33.5 Å². The van der Waals surface area contributed by atoms with Crippen molar-refractivity contribution in [3.05, 3.63) is 145 Å². The molecule has 2 aromatic heterocycles. The molecule has 0 spiro atoms. The van der Waals surface area contributed by atoms with Crippen LogP contribution in [0.1, 0.15) is 0 Å². The average Bonchev–Trinajstić information content (AvgIpc) is 3.44. The van der Waals surface area contributed by atoms with E-state index >= 15 is 0 Å². The zero-order chi connectivity index (χ0) is 29.2. The van der Waals surface area contributed by atoms with Crippen molar-refractivity contribution in [3.63, 3.8) is 0 Å². The van der Waals surface area contributed by atoms with Gasteiger partial charge in [0, 0.05) is 15.6 Å². The van der Waals surface area contributed by atoms with Crippen LogP contribution in [-0.4, -0.2) is 9.97 Å². The van der Waals surface area contributed by atoms with E-state index in [0.29, 0.717) is 10.8 Å². The largest absolute Gasteiger partial charge is 0.241 e. The summed E-state index contributed by atoms with van der Waals surface area (Å²) in [4.78, 5) is 10.6. The molecule has 7 aromatic carbocycles. The summed E-state index contributed by atoms with van der Waals surface area (Å²) in [6, 6.07) is 49.8. The Morgan fingerprint density at radius 3 is 1.61 bits per heavy atom. The van der Waals surface area contributed by atoms with Gasteiger partial charge < -0.3 is 0 Å². The number of nitrogens with zero attached hydrogens (tertiary/aromatic N) is 2. The highest BCUT2D eigenvalue weighted by Gasteiger charge is 2.15. The molecule has 0 bridgehead atoms. The lowest BCUT2D eigenvalue weighted by Crippen LogP contribution is -1.89. The van der Waals surface area contributed by atoms with Crippen LogP contribution in [0, 0.1) is 0 Å². The Morgan fingerprint density at radius 1 is 0.409 bits per heavy atom. The number of halogens is 1. The second kappa shape index (κ2) is 9.99. The minimum atomic E-state index is 0.430. The van der Waals surface area contributed by atoms with Gasteiger partial charge in [0.15, 0.2) is 5.15 Å². The lowest BCUT2D eigenvalue weighted by Gasteiger charge is -2.12. The van der Waals surface area contributed by atoms with Gasteiger partial charge in [0.05, 0.1) is 0 Å². The van der Waals surface area contributed by atoms with Crippen LogP contribution in [-0.2, 0) is 0 Å². The molecular formula is C40H23ClN2S. The molecule has 0 aliphatic heterocycles. The van der Waals surface area contributed by atoms with Crippen molar-refractivity contribution < 1.29 is 0 Å². The molecule has 2 heterocycles. The summed E-state index contributed by atoms with van der Waals surface area (Å²) in [5.74, 6) is 0. The lowest BCUT2D eigenvalue weighted by molar-refractivity contribution is 1.32. The van der Waals surface area contributed by atoms with E-state index in [-0.39, 0.29) is 0 Å². The summed E-state index contributed by atoms with van der Waals surface area (Å²) in [7, 11) is 0. The number of hydrogen-bond donors (Lipinski definition) is 0. The van der Waals surface area contributed by atoms with E-state index in [1.165, 1.54) is 43.4 Å². The van der Waals surface area contributed by atoms with Gasteiger partial charge in [-0.2, -0.15) is 0 Å². The summed E-state index contributed by atoms with van der Waals surface area (Å²) in [6.07, 6.45) is 0. The third kappa shape index (κ3) is 4.01. The van der Waals surface area contributed by atoms with Crippen LogP contribution in [0.15, 0.2) is 140 Å². The normalized spacial score (nSPS) is 11.8. The fourth-order valence-corrected chi connectivity index (χ4v) is 7.77. The summed E-state index contributed by atoms with van der Waals surface area (Å²) < 4.78 is 1.15. The van der Waals surface area contributed by atoms with E-state index in [1.54, 1.807) is 11.3 Å². The fourth-order valence-electron chi connectivity index (χ4n) is 6.48. The van der Waals surface area contributed by atoms with Crippen LogP contribution in [0.5, 0.6) is 0 Å². The molecule has 9 rings (SSSR count). The summed E-state index contributed by atoms with van der Waals surface area (Å²) in [6.45, 7) is 0. The zero-order valence-corrected chi connectivity index (χ0v) is 25.0. The quantitative estimate of drug-likeness (QED) is 0.189. The molecule has 0 aliphatic rings. The van der Waals surface area contributed by atoms with Gasteiger partial charge in [0.1, 0.15) is 16.0 Å². The fraction of sp³-hybridized carbons (Fsp3) is 0. The number of fused-ring (bicyclic) bond motifs is 9. The first-order chi connectivity index (χ1) is 21.7. The van der Waals surface area contributed by atoms with E-state index < -0.39 is 0 Å². The second-order valence-corrected chi connectivity index (χ2v) is 12.5. The van der Waals surface area contributed by atoms with Gasteiger partial charge >= 0.3 is 0 Å². The Bertz CT molecular complexity index is 2530. The molecule has 0 N–H and O–H groups in total. The molecule has 0 saturated carbocycles. The number of aromatic nitrogens is 2. The first kappa shape index (κ1) is 25.4. The third-order valence-corrected chi connectivity index (χ3v) is 9.90. The first-order valence-electron chi connectivity index (χ1n) is 14.6. The summed E-state index contributed by atoms with van der Waals surface area (Å²) in [5, 5.41) is 9.24. The van der Waals surface area contributed by atoms with Crippen LogP contribution in [0.2, 0.25) is 5.15 Å². The van der Waals surface area contributed by atoms with Crippen LogP contribution < -0.4 is 0 Å². The summed E-state index contributed by atoms with van der Waals surface area (Å²) >= 11 is 8.23. The minimum absolute atomic E-state index is 0.430. The first-order valence-corrected chi connectivity index (χ1v) is 15.8. The average molecular weight is 599 g/mol. The lowest BCUT2D eigenvalue weighted by atomic mass is 9.91. The van der Waals surface area contributed by atoms with Gasteiger partial charge in [0.2, 0.25) is 0 Å². The Morgan fingerprint density at radius 2 is 0.932 bits per heavy atom. The van der Waals surface area contributed by atoms with Crippen LogP contribution in [0.3, 0.4) is 0 Å². The molecule has 0 saturated heterocycles. The van der Waals surface area contributed by atoms with Gasteiger partial charge in [-0.05, 0) is 78.8 Å². The predicted octanol–water partition coefficient (Wildman–Crippen LogP) is 12.0. The van der Waals surface area contributed by atoms with E-state index in [1.807, 2.05) is 30.3 Å². The van der Waals surface area contributed by atoms with Crippen LogP contribution in [0.4, 0.5) is 0 Å². The maximum absolute atomic E-state index is 6.60. The Balaban J connectivity index is 1.18. The highest BCUT2D eigenvalue weighted by Crippen LogP contribution is 2.40. The number of benzene rings is 7. The topological polar surface area (TPSA) is 25.8 Å². The number of hydrogen-bond acceptors (Lipinski definition) is 3. The van der Waals surface area contributed by atoms with E-state index in [9.17, 15) is 0 Å². The Hall–Kier alpha value is -5.09. The van der Waals surface area contributed by atoms with Crippen LogP contribution in [0.25, 0.3) is 86.3 Å². The second-order valence-electron chi connectivity index (χ2n) is 11.1. The van der Waals surface area contributed by atoms with Gasteiger partial charge in [-0.25, -0.2) is 9.97 Å². The molecule has 0 atom stereocenters. The number of thiophene rings is 1. The Labute approximate surface area is 262 Å². The molecule has 44 heavy (non-hydrogen) atoms.